The lowest BCUT2D eigenvalue weighted by Gasteiger charge is -2.10. The maximum Gasteiger partial charge on any atom is 0.236 e. The van der Waals surface area contributed by atoms with Crippen LogP contribution in [0.4, 0.5) is 11.4 Å². The molecule has 0 fully saturated rings. The van der Waals surface area contributed by atoms with Crippen LogP contribution in [0.3, 0.4) is 0 Å². The van der Waals surface area contributed by atoms with Crippen molar-refractivity contribution in [1.29, 1.82) is 5.26 Å². The fourth-order valence-electron chi connectivity index (χ4n) is 1.77. The van der Waals surface area contributed by atoms with E-state index >= 15 is 0 Å². The highest BCUT2D eigenvalue weighted by Gasteiger charge is 2.14. The molecular formula is C14H12BrN3O2S. The molecule has 0 saturated carbocycles. The van der Waals surface area contributed by atoms with E-state index < -0.39 is 10.0 Å². The molecule has 0 radical (unpaired) electrons. The van der Waals surface area contributed by atoms with Crippen LogP contribution in [0.15, 0.2) is 46.9 Å². The van der Waals surface area contributed by atoms with Gasteiger partial charge in [-0.15, -0.1) is 0 Å². The molecule has 0 aromatic heterocycles. The summed E-state index contributed by atoms with van der Waals surface area (Å²) in [7, 11) is -3.61. The van der Waals surface area contributed by atoms with Gasteiger partial charge in [-0.25, -0.2) is 8.42 Å². The Labute approximate surface area is 131 Å². The van der Waals surface area contributed by atoms with Gasteiger partial charge in [-0.3, -0.25) is 4.72 Å². The van der Waals surface area contributed by atoms with E-state index in [0.717, 1.165) is 0 Å². The zero-order chi connectivity index (χ0) is 15.5. The summed E-state index contributed by atoms with van der Waals surface area (Å²) in [6.45, 7) is 0. The summed E-state index contributed by atoms with van der Waals surface area (Å²) in [5.74, 6) is -0.265. The predicted octanol–water partition coefficient (Wildman–Crippen LogP) is 2.84. The van der Waals surface area contributed by atoms with Gasteiger partial charge in [0.05, 0.1) is 17.4 Å². The van der Waals surface area contributed by atoms with E-state index in [4.69, 9.17) is 11.0 Å². The molecule has 3 N–H and O–H groups in total. The van der Waals surface area contributed by atoms with E-state index in [2.05, 4.69) is 20.7 Å². The van der Waals surface area contributed by atoms with E-state index in [-0.39, 0.29) is 5.75 Å². The molecular weight excluding hydrogens is 354 g/mol. The van der Waals surface area contributed by atoms with Crippen LogP contribution in [0.1, 0.15) is 11.1 Å². The topological polar surface area (TPSA) is 96.0 Å². The van der Waals surface area contributed by atoms with Gasteiger partial charge in [-0.1, -0.05) is 18.2 Å². The minimum atomic E-state index is -3.61. The van der Waals surface area contributed by atoms with Crippen molar-refractivity contribution in [3.05, 3.63) is 58.1 Å². The zero-order valence-electron chi connectivity index (χ0n) is 10.9. The average Bonchev–Trinajstić information content (AvgIpc) is 2.43. The third-order valence-corrected chi connectivity index (χ3v) is 4.68. The van der Waals surface area contributed by atoms with E-state index in [9.17, 15) is 8.42 Å². The van der Waals surface area contributed by atoms with Crippen molar-refractivity contribution >= 4 is 37.3 Å². The molecule has 0 heterocycles. The second-order valence-electron chi connectivity index (χ2n) is 4.37. The second kappa shape index (κ2) is 6.16. The Morgan fingerprint density at radius 1 is 1.24 bits per heavy atom. The molecule has 2 aromatic carbocycles. The molecule has 108 valence electrons. The van der Waals surface area contributed by atoms with Crippen LogP contribution in [-0.4, -0.2) is 8.42 Å². The maximum absolute atomic E-state index is 12.2. The molecule has 2 rings (SSSR count). The van der Waals surface area contributed by atoms with Gasteiger partial charge in [-0.2, -0.15) is 5.26 Å². The van der Waals surface area contributed by atoms with E-state index in [1.807, 2.05) is 6.07 Å². The van der Waals surface area contributed by atoms with E-state index in [1.165, 1.54) is 0 Å². The molecule has 0 bridgehead atoms. The largest absolute Gasteiger partial charge is 0.398 e. The number of nitrogens with two attached hydrogens (primary N) is 1. The quantitative estimate of drug-likeness (QED) is 0.814. The monoisotopic (exact) mass is 365 g/mol. The molecule has 0 unspecified atom stereocenters. The van der Waals surface area contributed by atoms with Crippen molar-refractivity contribution in [2.45, 2.75) is 5.75 Å². The Morgan fingerprint density at radius 2 is 1.95 bits per heavy atom. The first kappa shape index (κ1) is 15.4. The smallest absolute Gasteiger partial charge is 0.236 e. The average molecular weight is 366 g/mol. The van der Waals surface area contributed by atoms with Gasteiger partial charge in [0.2, 0.25) is 10.0 Å². The Hall–Kier alpha value is -2.04. The summed E-state index contributed by atoms with van der Waals surface area (Å²) < 4.78 is 27.4. The fourth-order valence-corrected chi connectivity index (χ4v) is 3.36. The summed E-state index contributed by atoms with van der Waals surface area (Å²) in [5, 5.41) is 8.99. The highest BCUT2D eigenvalue weighted by atomic mass is 79.9. The van der Waals surface area contributed by atoms with Gasteiger partial charge >= 0.3 is 0 Å². The van der Waals surface area contributed by atoms with Crippen LogP contribution in [0.2, 0.25) is 0 Å². The third kappa shape index (κ3) is 3.97. The molecule has 21 heavy (non-hydrogen) atoms. The third-order valence-electron chi connectivity index (χ3n) is 2.76. The maximum atomic E-state index is 12.2. The van der Waals surface area contributed by atoms with Crippen molar-refractivity contribution in [2.75, 3.05) is 10.5 Å². The summed E-state index contributed by atoms with van der Waals surface area (Å²) in [5.41, 5.74) is 7.39. The second-order valence-corrected chi connectivity index (χ2v) is 6.94. The van der Waals surface area contributed by atoms with Crippen molar-refractivity contribution in [3.8, 4) is 6.07 Å². The van der Waals surface area contributed by atoms with Crippen LogP contribution < -0.4 is 10.5 Å². The first-order valence-electron chi connectivity index (χ1n) is 5.95. The fraction of sp³-hybridized carbons (Fsp3) is 0.0714. The molecule has 2 aromatic rings. The number of sulfonamides is 1. The summed E-state index contributed by atoms with van der Waals surface area (Å²) in [4.78, 5) is 0. The van der Waals surface area contributed by atoms with Crippen LogP contribution in [0.25, 0.3) is 0 Å². The van der Waals surface area contributed by atoms with Crippen LogP contribution in [-0.2, 0) is 15.8 Å². The van der Waals surface area contributed by atoms with Gasteiger partial charge in [-0.05, 0) is 45.8 Å². The number of rotatable bonds is 4. The van der Waals surface area contributed by atoms with Crippen LogP contribution >= 0.6 is 15.9 Å². The van der Waals surface area contributed by atoms with Crippen LogP contribution in [0.5, 0.6) is 0 Å². The highest BCUT2D eigenvalue weighted by molar-refractivity contribution is 9.10. The SMILES string of the molecule is N#Cc1ccccc1CS(=O)(=O)Nc1ccc(N)c(Br)c1. The number of benzene rings is 2. The van der Waals surface area contributed by atoms with Crippen LogP contribution in [0, 0.1) is 11.3 Å². The molecule has 0 aliphatic heterocycles. The number of nitrogens with zero attached hydrogens (tertiary/aromatic N) is 1. The Kier molecular flexibility index (Phi) is 4.50. The van der Waals surface area contributed by atoms with Crippen molar-refractivity contribution in [2.24, 2.45) is 0 Å². The lowest BCUT2D eigenvalue weighted by atomic mass is 10.1. The molecule has 5 nitrogen and oxygen atoms in total. The molecule has 0 amide bonds. The van der Waals surface area contributed by atoms with Gasteiger partial charge < -0.3 is 5.73 Å². The summed E-state index contributed by atoms with van der Waals surface area (Å²) >= 11 is 3.24. The summed E-state index contributed by atoms with van der Waals surface area (Å²) in [6.07, 6.45) is 0. The highest BCUT2D eigenvalue weighted by Crippen LogP contribution is 2.24. The van der Waals surface area contributed by atoms with Gasteiger partial charge in [0.15, 0.2) is 0 Å². The lowest BCUT2D eigenvalue weighted by Crippen LogP contribution is -2.15. The number of hydrogen-bond donors (Lipinski definition) is 2. The minimum absolute atomic E-state index is 0.265. The molecule has 0 atom stereocenters. The Morgan fingerprint density at radius 3 is 2.62 bits per heavy atom. The Balaban J connectivity index is 2.23. The molecule has 0 spiro atoms. The number of hydrogen-bond acceptors (Lipinski definition) is 4. The minimum Gasteiger partial charge on any atom is -0.398 e. The Bertz CT molecular complexity index is 813. The number of nitrogen functional groups attached to an aromatic ring is 1. The van der Waals surface area contributed by atoms with Gasteiger partial charge in [0, 0.05) is 15.8 Å². The van der Waals surface area contributed by atoms with Crippen molar-refractivity contribution < 1.29 is 8.42 Å². The number of nitriles is 1. The number of anilines is 2. The predicted molar refractivity (Wildman–Crippen MR) is 86.0 cm³/mol. The molecule has 7 heteroatoms. The van der Waals surface area contributed by atoms with E-state index in [0.29, 0.717) is 27.0 Å². The van der Waals surface area contributed by atoms with E-state index in [1.54, 1.807) is 42.5 Å². The van der Waals surface area contributed by atoms with Crippen molar-refractivity contribution in [1.82, 2.24) is 0 Å². The zero-order valence-corrected chi connectivity index (χ0v) is 13.3. The van der Waals surface area contributed by atoms with Crippen molar-refractivity contribution in [3.63, 3.8) is 0 Å². The first-order valence-corrected chi connectivity index (χ1v) is 8.39. The number of halogens is 1. The molecule has 0 saturated heterocycles. The molecule has 0 aliphatic rings. The molecule has 0 aliphatic carbocycles. The standard InChI is InChI=1S/C14H12BrN3O2S/c15-13-7-12(5-6-14(13)17)18-21(19,20)9-11-4-2-1-3-10(11)8-16/h1-7,18H,9,17H2. The van der Waals surface area contributed by atoms with Gasteiger partial charge in [0.25, 0.3) is 0 Å². The summed E-state index contributed by atoms with van der Waals surface area (Å²) in [6, 6.07) is 13.4. The lowest BCUT2D eigenvalue weighted by molar-refractivity contribution is 0.600. The number of nitrogens with one attached hydrogen (secondary N) is 1. The normalized spacial score (nSPS) is 10.9. The van der Waals surface area contributed by atoms with Gasteiger partial charge in [0.1, 0.15) is 0 Å². The first-order chi connectivity index (χ1) is 9.91.